The maximum atomic E-state index is 4.45. The molecule has 0 saturated carbocycles. The van der Waals surface area contributed by atoms with Gasteiger partial charge in [-0.15, -0.1) is 11.3 Å². The van der Waals surface area contributed by atoms with Gasteiger partial charge in [-0.3, -0.25) is 0 Å². The summed E-state index contributed by atoms with van der Waals surface area (Å²) < 4.78 is 1.12. The predicted octanol–water partition coefficient (Wildman–Crippen LogP) is 4.71. The number of hydrogen-bond acceptors (Lipinski definition) is 3. The first-order valence-corrected chi connectivity index (χ1v) is 8.26. The summed E-state index contributed by atoms with van der Waals surface area (Å²) in [6.07, 6.45) is 4.14. The lowest BCUT2D eigenvalue weighted by Gasteiger charge is -2.16. The molecule has 0 amide bonds. The zero-order chi connectivity index (χ0) is 13.7. The molecule has 0 fully saturated rings. The summed E-state index contributed by atoms with van der Waals surface area (Å²) in [6.45, 7) is 5.22. The monoisotopic (exact) mass is 338 g/mol. The Kier molecular flexibility index (Phi) is 5.55. The number of aryl methyl sites for hydroxylation is 1. The second kappa shape index (κ2) is 7.17. The van der Waals surface area contributed by atoms with E-state index in [1.807, 2.05) is 6.20 Å². The summed E-state index contributed by atoms with van der Waals surface area (Å²) in [7, 11) is 0. The maximum absolute atomic E-state index is 4.45. The number of nitrogens with zero attached hydrogens (tertiary/aromatic N) is 1. The Morgan fingerprint density at radius 2 is 2.00 bits per heavy atom. The molecule has 1 unspecified atom stereocenters. The standard InChI is InChI=1S/C15H19BrN2S/c1-3-13-9-18-15(19-13)10-17-14(4-2)11-5-7-12(16)8-6-11/h5-9,14,17H,3-4,10H2,1-2H3. The first-order chi connectivity index (χ1) is 9.22. The van der Waals surface area contributed by atoms with E-state index in [9.17, 15) is 0 Å². The van der Waals surface area contributed by atoms with Gasteiger partial charge in [0.1, 0.15) is 5.01 Å². The van der Waals surface area contributed by atoms with Crippen LogP contribution in [0, 0.1) is 0 Å². The van der Waals surface area contributed by atoms with Crippen LogP contribution >= 0.6 is 27.3 Å². The first kappa shape index (κ1) is 14.7. The van der Waals surface area contributed by atoms with Crippen LogP contribution in [-0.4, -0.2) is 4.98 Å². The SMILES string of the molecule is CCc1cnc(CNC(CC)c2ccc(Br)cc2)s1. The molecule has 19 heavy (non-hydrogen) atoms. The Morgan fingerprint density at radius 1 is 1.26 bits per heavy atom. The highest BCUT2D eigenvalue weighted by Crippen LogP contribution is 2.21. The zero-order valence-electron chi connectivity index (χ0n) is 11.3. The fourth-order valence-electron chi connectivity index (χ4n) is 2.00. The van der Waals surface area contributed by atoms with Crippen molar-refractivity contribution in [2.45, 2.75) is 39.3 Å². The Balaban J connectivity index is 1.97. The van der Waals surface area contributed by atoms with E-state index in [1.165, 1.54) is 15.4 Å². The van der Waals surface area contributed by atoms with Crippen LogP contribution in [0.1, 0.15) is 41.8 Å². The molecule has 1 aromatic carbocycles. The molecule has 0 radical (unpaired) electrons. The van der Waals surface area contributed by atoms with Gasteiger partial charge in [0.15, 0.2) is 0 Å². The van der Waals surface area contributed by atoms with E-state index in [-0.39, 0.29) is 0 Å². The third kappa shape index (κ3) is 4.13. The summed E-state index contributed by atoms with van der Waals surface area (Å²) in [5.41, 5.74) is 1.33. The molecular formula is C15H19BrN2S. The van der Waals surface area contributed by atoms with Crippen LogP contribution in [0.25, 0.3) is 0 Å². The van der Waals surface area contributed by atoms with Crippen LogP contribution in [0.5, 0.6) is 0 Å². The minimum atomic E-state index is 0.391. The fraction of sp³-hybridized carbons (Fsp3) is 0.400. The lowest BCUT2D eigenvalue weighted by molar-refractivity contribution is 0.518. The van der Waals surface area contributed by atoms with Crippen LogP contribution in [0.15, 0.2) is 34.9 Å². The first-order valence-electron chi connectivity index (χ1n) is 6.65. The Labute approximate surface area is 127 Å². The smallest absolute Gasteiger partial charge is 0.107 e. The number of thiazole rings is 1. The molecule has 0 aliphatic heterocycles. The zero-order valence-corrected chi connectivity index (χ0v) is 13.7. The third-order valence-electron chi connectivity index (χ3n) is 3.13. The average Bonchev–Trinajstić information content (AvgIpc) is 2.89. The molecule has 1 heterocycles. The van der Waals surface area contributed by atoms with Crippen LogP contribution in [-0.2, 0) is 13.0 Å². The van der Waals surface area contributed by atoms with Crippen molar-refractivity contribution in [2.75, 3.05) is 0 Å². The van der Waals surface area contributed by atoms with Crippen LogP contribution < -0.4 is 5.32 Å². The number of rotatable bonds is 6. The molecule has 2 nitrogen and oxygen atoms in total. The predicted molar refractivity (Wildman–Crippen MR) is 85.5 cm³/mol. The van der Waals surface area contributed by atoms with Crippen molar-refractivity contribution in [3.05, 3.63) is 50.4 Å². The number of nitrogens with one attached hydrogen (secondary N) is 1. The molecule has 0 bridgehead atoms. The van der Waals surface area contributed by atoms with E-state index in [0.717, 1.165) is 23.9 Å². The highest BCUT2D eigenvalue weighted by molar-refractivity contribution is 9.10. The minimum absolute atomic E-state index is 0.391. The van der Waals surface area contributed by atoms with Gasteiger partial charge in [0.2, 0.25) is 0 Å². The summed E-state index contributed by atoms with van der Waals surface area (Å²) in [6, 6.07) is 8.92. The van der Waals surface area contributed by atoms with Crippen molar-refractivity contribution in [3.8, 4) is 0 Å². The molecule has 102 valence electrons. The van der Waals surface area contributed by atoms with Crippen LogP contribution in [0.3, 0.4) is 0 Å². The van der Waals surface area contributed by atoms with Gasteiger partial charge in [0, 0.05) is 28.1 Å². The number of aromatic nitrogens is 1. The molecule has 2 aromatic rings. The quantitative estimate of drug-likeness (QED) is 0.824. The van der Waals surface area contributed by atoms with Gasteiger partial charge in [-0.2, -0.15) is 0 Å². The van der Waals surface area contributed by atoms with Crippen LogP contribution in [0.2, 0.25) is 0 Å². The lowest BCUT2D eigenvalue weighted by Crippen LogP contribution is -2.20. The molecule has 0 aliphatic carbocycles. The second-order valence-electron chi connectivity index (χ2n) is 4.47. The van der Waals surface area contributed by atoms with Gasteiger partial charge in [-0.1, -0.05) is 41.9 Å². The summed E-state index contributed by atoms with van der Waals surface area (Å²) in [5, 5.41) is 4.77. The fourth-order valence-corrected chi connectivity index (χ4v) is 3.07. The van der Waals surface area contributed by atoms with E-state index < -0.39 is 0 Å². The van der Waals surface area contributed by atoms with E-state index in [4.69, 9.17) is 0 Å². The number of benzene rings is 1. The highest BCUT2D eigenvalue weighted by atomic mass is 79.9. The maximum Gasteiger partial charge on any atom is 0.107 e. The van der Waals surface area contributed by atoms with Gasteiger partial charge in [-0.25, -0.2) is 4.98 Å². The molecular weight excluding hydrogens is 320 g/mol. The summed E-state index contributed by atoms with van der Waals surface area (Å²) in [4.78, 5) is 5.80. The van der Waals surface area contributed by atoms with E-state index in [1.54, 1.807) is 11.3 Å². The molecule has 4 heteroatoms. The molecule has 0 aliphatic rings. The normalized spacial score (nSPS) is 12.6. The molecule has 1 atom stereocenters. The Morgan fingerprint density at radius 3 is 2.58 bits per heavy atom. The van der Waals surface area contributed by atoms with Gasteiger partial charge in [0.05, 0.1) is 0 Å². The molecule has 2 rings (SSSR count). The van der Waals surface area contributed by atoms with Gasteiger partial charge >= 0.3 is 0 Å². The summed E-state index contributed by atoms with van der Waals surface area (Å²) >= 11 is 5.28. The Hall–Kier alpha value is -0.710. The average molecular weight is 339 g/mol. The van der Waals surface area contributed by atoms with Crippen LogP contribution in [0.4, 0.5) is 0 Å². The van der Waals surface area contributed by atoms with Crippen molar-refractivity contribution in [2.24, 2.45) is 0 Å². The van der Waals surface area contributed by atoms with E-state index in [2.05, 4.69) is 64.3 Å². The van der Waals surface area contributed by atoms with Crippen molar-refractivity contribution in [1.29, 1.82) is 0 Å². The summed E-state index contributed by atoms with van der Waals surface area (Å²) in [5.74, 6) is 0. The molecule has 0 saturated heterocycles. The van der Waals surface area contributed by atoms with Gasteiger partial charge in [0.25, 0.3) is 0 Å². The lowest BCUT2D eigenvalue weighted by atomic mass is 10.1. The van der Waals surface area contributed by atoms with Crippen molar-refractivity contribution in [1.82, 2.24) is 10.3 Å². The second-order valence-corrected chi connectivity index (χ2v) is 6.58. The topological polar surface area (TPSA) is 24.9 Å². The number of hydrogen-bond donors (Lipinski definition) is 1. The molecule has 1 N–H and O–H groups in total. The Bertz CT molecular complexity index is 507. The van der Waals surface area contributed by atoms with Crippen molar-refractivity contribution >= 4 is 27.3 Å². The van der Waals surface area contributed by atoms with Crippen molar-refractivity contribution in [3.63, 3.8) is 0 Å². The van der Waals surface area contributed by atoms with Gasteiger partial charge in [-0.05, 0) is 30.5 Å². The van der Waals surface area contributed by atoms with E-state index in [0.29, 0.717) is 6.04 Å². The largest absolute Gasteiger partial charge is 0.304 e. The molecule has 0 spiro atoms. The molecule has 1 aromatic heterocycles. The van der Waals surface area contributed by atoms with Crippen molar-refractivity contribution < 1.29 is 0 Å². The van der Waals surface area contributed by atoms with Gasteiger partial charge < -0.3 is 5.32 Å². The number of halogens is 1. The van der Waals surface area contributed by atoms with E-state index >= 15 is 0 Å². The highest BCUT2D eigenvalue weighted by Gasteiger charge is 2.09. The third-order valence-corrected chi connectivity index (χ3v) is 4.80. The minimum Gasteiger partial charge on any atom is -0.304 e.